The number of aromatic nitrogens is 3. The number of anilines is 1. The van der Waals surface area contributed by atoms with Crippen LogP contribution in [0.3, 0.4) is 0 Å². The van der Waals surface area contributed by atoms with Gasteiger partial charge < -0.3 is 15.2 Å². The largest absolute Gasteiger partial charge is 0.370 e. The fourth-order valence-corrected chi connectivity index (χ4v) is 3.63. The molecule has 2 aromatic heterocycles. The van der Waals surface area contributed by atoms with Crippen LogP contribution in [0.1, 0.15) is 45.4 Å². The van der Waals surface area contributed by atoms with Crippen LogP contribution in [0.2, 0.25) is 0 Å². The molecule has 3 heterocycles. The lowest BCUT2D eigenvalue weighted by Crippen LogP contribution is -2.32. The van der Waals surface area contributed by atoms with Gasteiger partial charge in [0.25, 0.3) is 11.5 Å². The summed E-state index contributed by atoms with van der Waals surface area (Å²) in [5.41, 5.74) is 3.11. The van der Waals surface area contributed by atoms with Crippen molar-refractivity contribution in [1.82, 2.24) is 20.1 Å². The van der Waals surface area contributed by atoms with Crippen LogP contribution in [-0.4, -0.2) is 46.1 Å². The minimum atomic E-state index is -0.164. The van der Waals surface area contributed by atoms with Crippen molar-refractivity contribution >= 4 is 17.4 Å². The lowest BCUT2D eigenvalue weighted by Gasteiger charge is -2.18. The second-order valence-corrected chi connectivity index (χ2v) is 7.17. The van der Waals surface area contributed by atoms with Gasteiger partial charge in [0, 0.05) is 45.4 Å². The average molecular weight is 371 g/mol. The number of carbonyl (C=O) groups excluding carboxylic acids is 2. The maximum Gasteiger partial charge on any atom is 0.268 e. The Morgan fingerprint density at radius 2 is 2.11 bits per heavy atom. The van der Waals surface area contributed by atoms with E-state index in [9.17, 15) is 14.4 Å². The molecule has 27 heavy (non-hydrogen) atoms. The Kier molecular flexibility index (Phi) is 5.16. The van der Waals surface area contributed by atoms with Crippen LogP contribution < -0.4 is 15.8 Å². The van der Waals surface area contributed by atoms with E-state index < -0.39 is 0 Å². The molecular weight excluding hydrogens is 346 g/mol. The molecule has 2 N–H and O–H groups in total. The van der Waals surface area contributed by atoms with Crippen LogP contribution in [0.25, 0.3) is 0 Å². The van der Waals surface area contributed by atoms with Crippen LogP contribution in [0.5, 0.6) is 0 Å². The van der Waals surface area contributed by atoms with Gasteiger partial charge in [0.2, 0.25) is 0 Å². The number of nitrogens with zero attached hydrogens (tertiary/aromatic N) is 3. The van der Waals surface area contributed by atoms with Crippen LogP contribution >= 0.6 is 0 Å². The summed E-state index contributed by atoms with van der Waals surface area (Å²) < 4.78 is 1.30. The van der Waals surface area contributed by atoms with Gasteiger partial charge in [-0.2, -0.15) is 5.10 Å². The number of ketones is 1. The Labute approximate surface area is 157 Å². The number of carbonyl (C=O) groups is 2. The van der Waals surface area contributed by atoms with Gasteiger partial charge in [-0.15, -0.1) is 0 Å². The summed E-state index contributed by atoms with van der Waals surface area (Å²) in [6.07, 6.45) is 2.62. The van der Waals surface area contributed by atoms with E-state index >= 15 is 0 Å². The van der Waals surface area contributed by atoms with E-state index in [-0.39, 0.29) is 17.2 Å². The average Bonchev–Trinajstić information content (AvgIpc) is 3.20. The van der Waals surface area contributed by atoms with Crippen LogP contribution in [0, 0.1) is 19.8 Å². The Bertz CT molecular complexity index is 943. The van der Waals surface area contributed by atoms with Gasteiger partial charge in [-0.05, 0) is 31.7 Å². The predicted octanol–water partition coefficient (Wildman–Crippen LogP) is 1.18. The number of hydrogen-bond acceptors (Lipinski definition) is 5. The van der Waals surface area contributed by atoms with Gasteiger partial charge in [0.05, 0.1) is 23.1 Å². The monoisotopic (exact) mass is 371 g/mol. The highest BCUT2D eigenvalue weighted by molar-refractivity contribution is 6.02. The van der Waals surface area contributed by atoms with Crippen molar-refractivity contribution in [3.63, 3.8) is 0 Å². The van der Waals surface area contributed by atoms with Crippen molar-refractivity contribution in [3.8, 4) is 0 Å². The third-order valence-electron chi connectivity index (χ3n) is 5.17. The lowest BCUT2D eigenvalue weighted by molar-refractivity contribution is 0.0947. The second kappa shape index (κ2) is 7.38. The number of nitrogens with one attached hydrogen (secondary N) is 2. The third kappa shape index (κ3) is 3.79. The first kappa shape index (κ1) is 18.9. The van der Waals surface area contributed by atoms with Gasteiger partial charge in [-0.3, -0.25) is 14.4 Å². The van der Waals surface area contributed by atoms with Crippen LogP contribution in [0.15, 0.2) is 17.1 Å². The molecule has 1 fully saturated rings. The number of H-pyrrole nitrogens is 1. The van der Waals surface area contributed by atoms with Crippen molar-refractivity contribution in [2.24, 2.45) is 13.0 Å². The highest BCUT2D eigenvalue weighted by Gasteiger charge is 2.25. The minimum absolute atomic E-state index is 0.0799. The molecule has 1 aliphatic heterocycles. The summed E-state index contributed by atoms with van der Waals surface area (Å²) >= 11 is 0. The number of rotatable bonds is 5. The van der Waals surface area contributed by atoms with E-state index in [1.807, 2.05) is 0 Å². The molecule has 0 spiro atoms. The van der Waals surface area contributed by atoms with E-state index in [4.69, 9.17) is 0 Å². The number of hydrogen-bond donors (Lipinski definition) is 2. The number of aromatic amines is 1. The minimum Gasteiger partial charge on any atom is -0.370 e. The molecule has 3 rings (SSSR count). The topological polar surface area (TPSA) is 100 Å². The normalized spacial score (nSPS) is 16.6. The van der Waals surface area contributed by atoms with Crippen molar-refractivity contribution in [2.75, 3.05) is 24.5 Å². The van der Waals surface area contributed by atoms with E-state index in [1.165, 1.54) is 11.6 Å². The molecule has 8 heteroatoms. The maximum atomic E-state index is 12.6. The van der Waals surface area contributed by atoms with Crippen LogP contribution in [0.4, 0.5) is 5.69 Å². The second-order valence-electron chi connectivity index (χ2n) is 7.17. The molecule has 1 saturated heterocycles. The fourth-order valence-electron chi connectivity index (χ4n) is 3.63. The highest BCUT2D eigenvalue weighted by atomic mass is 16.2. The summed E-state index contributed by atoms with van der Waals surface area (Å²) in [6, 6.07) is 1.59. The number of amides is 1. The first-order chi connectivity index (χ1) is 12.8. The molecule has 0 bridgehead atoms. The molecule has 1 atom stereocenters. The van der Waals surface area contributed by atoms with Crippen molar-refractivity contribution in [2.45, 2.75) is 27.2 Å². The Morgan fingerprint density at radius 3 is 2.74 bits per heavy atom. The zero-order valence-electron chi connectivity index (χ0n) is 16.1. The van der Waals surface area contributed by atoms with Crippen LogP contribution in [-0.2, 0) is 7.05 Å². The van der Waals surface area contributed by atoms with Crippen molar-refractivity contribution in [1.29, 1.82) is 0 Å². The summed E-state index contributed by atoms with van der Waals surface area (Å²) in [6.45, 7) is 7.21. The van der Waals surface area contributed by atoms with Gasteiger partial charge in [0.1, 0.15) is 0 Å². The summed E-state index contributed by atoms with van der Waals surface area (Å²) in [4.78, 5) is 41.1. The molecule has 144 valence electrons. The Morgan fingerprint density at radius 1 is 1.37 bits per heavy atom. The summed E-state index contributed by atoms with van der Waals surface area (Å²) in [7, 11) is 1.62. The zero-order valence-corrected chi connectivity index (χ0v) is 16.1. The molecule has 0 radical (unpaired) electrons. The quantitative estimate of drug-likeness (QED) is 0.769. The molecule has 2 aromatic rings. The molecule has 1 unspecified atom stereocenters. The summed E-state index contributed by atoms with van der Waals surface area (Å²) in [5, 5.41) is 7.05. The van der Waals surface area contributed by atoms with Gasteiger partial charge in [-0.25, -0.2) is 4.68 Å². The molecular formula is C19H25N5O3. The molecule has 0 aromatic carbocycles. The smallest absolute Gasteiger partial charge is 0.268 e. The number of Topliss-reactive ketones (excluding diaryl/α,β-unsaturated/α-hetero) is 1. The first-order valence-electron chi connectivity index (χ1n) is 9.04. The fraction of sp³-hybridized carbons (Fsp3) is 0.474. The van der Waals surface area contributed by atoms with Crippen molar-refractivity contribution < 1.29 is 9.59 Å². The standard InChI is InChI=1S/C19H25N5O3/c1-11-17(12(2)22-18(11)13(3)25)19(27)20-8-14-5-6-24(10-14)15-7-16(26)23(4)21-9-15/h7,9,14,22H,5-6,8,10H2,1-4H3,(H,20,27). The van der Waals surface area contributed by atoms with Crippen molar-refractivity contribution in [3.05, 3.63) is 45.1 Å². The van der Waals surface area contributed by atoms with Gasteiger partial charge in [0.15, 0.2) is 5.78 Å². The van der Waals surface area contributed by atoms with E-state index in [0.717, 1.165) is 25.2 Å². The molecule has 1 amide bonds. The van der Waals surface area contributed by atoms with Gasteiger partial charge >= 0.3 is 0 Å². The van der Waals surface area contributed by atoms with E-state index in [1.54, 1.807) is 33.2 Å². The Hall–Kier alpha value is -2.90. The zero-order chi connectivity index (χ0) is 19.7. The van der Waals surface area contributed by atoms with E-state index in [2.05, 4.69) is 20.3 Å². The highest BCUT2D eigenvalue weighted by Crippen LogP contribution is 2.22. The Balaban J connectivity index is 1.61. The van der Waals surface area contributed by atoms with E-state index in [0.29, 0.717) is 35.0 Å². The predicted molar refractivity (Wildman–Crippen MR) is 102 cm³/mol. The first-order valence-corrected chi connectivity index (χ1v) is 9.04. The SMILES string of the molecule is CC(=O)c1[nH]c(C)c(C(=O)NCC2CCN(c3cnn(C)c(=O)c3)C2)c1C. The molecule has 0 aliphatic carbocycles. The summed E-state index contributed by atoms with van der Waals surface area (Å²) in [5.74, 6) is 0.0518. The maximum absolute atomic E-state index is 12.6. The molecule has 8 nitrogen and oxygen atoms in total. The van der Waals surface area contributed by atoms with Gasteiger partial charge in [-0.1, -0.05) is 0 Å². The molecule has 0 saturated carbocycles. The number of aryl methyl sites for hydroxylation is 2. The lowest BCUT2D eigenvalue weighted by atomic mass is 10.1. The third-order valence-corrected chi connectivity index (χ3v) is 5.17. The molecule has 1 aliphatic rings.